The number of aliphatic hydroxyl groups excluding tert-OH is 1. The van der Waals surface area contributed by atoms with Crippen molar-refractivity contribution in [3.63, 3.8) is 0 Å². The second kappa shape index (κ2) is 7.83. The summed E-state index contributed by atoms with van der Waals surface area (Å²) in [6.07, 6.45) is 10.3. The van der Waals surface area contributed by atoms with Gasteiger partial charge in [-0.1, -0.05) is 62.7 Å². The lowest BCUT2D eigenvalue weighted by molar-refractivity contribution is -0.248. The van der Waals surface area contributed by atoms with E-state index in [0.717, 1.165) is 50.3 Å². The van der Waals surface area contributed by atoms with Gasteiger partial charge in [-0.05, 0) is 115 Å². The van der Waals surface area contributed by atoms with Crippen LogP contribution in [0.2, 0.25) is 0 Å². The number of carboxylic acids is 1. The van der Waals surface area contributed by atoms with Crippen LogP contribution in [0.25, 0.3) is 0 Å². The van der Waals surface area contributed by atoms with Crippen LogP contribution in [0.15, 0.2) is 12.2 Å². The first-order chi connectivity index (χ1) is 15.8. The number of fused-ring (bicyclic) bond motifs is 7. The van der Waals surface area contributed by atoms with Gasteiger partial charge in [-0.15, -0.1) is 0 Å². The summed E-state index contributed by atoms with van der Waals surface area (Å²) in [6, 6.07) is 0. The van der Waals surface area contributed by atoms with Crippen LogP contribution in [-0.4, -0.2) is 27.6 Å². The van der Waals surface area contributed by atoms with Gasteiger partial charge in [-0.3, -0.25) is 4.79 Å². The second-order valence-corrected chi connectivity index (χ2v) is 15.0. The van der Waals surface area contributed by atoms with Crippen LogP contribution in [0.3, 0.4) is 0 Å². The van der Waals surface area contributed by atoms with E-state index in [1.165, 1.54) is 24.8 Å². The van der Waals surface area contributed by atoms with E-state index in [2.05, 4.69) is 57.1 Å². The lowest BCUT2D eigenvalue weighted by atomic mass is 9.32. The Hall–Kier alpha value is -0.350. The van der Waals surface area contributed by atoms with Crippen LogP contribution in [0.4, 0.5) is 0 Å². The SMILES string of the molecule is C=C(CBr)C1CC[C@]2(C(=O)O)CC[C@]3(C)C(CCC4[C@@]5(C)CC[C@H](O)C(C)(C)C5CC[C@]43C)C12. The first kappa shape index (κ1) is 25.3. The fraction of sp³-hybridized carbons (Fsp3) is 0.900. The van der Waals surface area contributed by atoms with Crippen molar-refractivity contribution in [3.05, 3.63) is 12.2 Å². The van der Waals surface area contributed by atoms with Crippen molar-refractivity contribution in [2.24, 2.45) is 56.7 Å². The fourth-order valence-corrected chi connectivity index (χ4v) is 11.9. The molecule has 4 heteroatoms. The van der Waals surface area contributed by atoms with Crippen molar-refractivity contribution >= 4 is 21.9 Å². The number of carboxylic acid groups (broad SMARTS) is 1. The zero-order valence-electron chi connectivity index (χ0n) is 22.1. The normalized spacial score (nSPS) is 53.7. The van der Waals surface area contributed by atoms with E-state index >= 15 is 0 Å². The summed E-state index contributed by atoms with van der Waals surface area (Å²) in [7, 11) is 0. The number of aliphatic hydroxyl groups is 1. The molecule has 0 aliphatic heterocycles. The first-order valence-corrected chi connectivity index (χ1v) is 15.1. The minimum absolute atomic E-state index is 0.0265. The van der Waals surface area contributed by atoms with Crippen molar-refractivity contribution in [2.45, 2.75) is 105 Å². The summed E-state index contributed by atoms with van der Waals surface area (Å²) in [5.41, 5.74) is 1.29. The molecule has 0 saturated heterocycles. The topological polar surface area (TPSA) is 57.5 Å². The van der Waals surface area contributed by atoms with E-state index in [1.54, 1.807) is 0 Å². The first-order valence-electron chi connectivity index (χ1n) is 13.9. The number of alkyl halides is 1. The lowest BCUT2D eigenvalue weighted by Crippen LogP contribution is -2.67. The Morgan fingerprint density at radius 2 is 1.59 bits per heavy atom. The van der Waals surface area contributed by atoms with Crippen LogP contribution < -0.4 is 0 Å². The zero-order valence-corrected chi connectivity index (χ0v) is 23.7. The molecule has 5 aliphatic carbocycles. The third-order valence-corrected chi connectivity index (χ3v) is 14.3. The van der Waals surface area contributed by atoms with Gasteiger partial charge in [-0.25, -0.2) is 0 Å². The van der Waals surface area contributed by atoms with E-state index in [0.29, 0.717) is 23.7 Å². The van der Waals surface area contributed by atoms with Crippen molar-refractivity contribution in [3.8, 4) is 0 Å². The van der Waals surface area contributed by atoms with Crippen molar-refractivity contribution in [2.75, 3.05) is 5.33 Å². The maximum atomic E-state index is 12.8. The molecular weight excluding hydrogens is 488 g/mol. The maximum Gasteiger partial charge on any atom is 0.309 e. The number of carbonyl (C=O) groups is 1. The Bertz CT molecular complexity index is 882. The van der Waals surface area contributed by atoms with Crippen LogP contribution in [-0.2, 0) is 4.79 Å². The number of allylic oxidation sites excluding steroid dienone is 1. The monoisotopic (exact) mass is 534 g/mol. The summed E-state index contributed by atoms with van der Waals surface area (Å²) >= 11 is 3.66. The number of halogens is 1. The minimum atomic E-state index is -0.554. The van der Waals surface area contributed by atoms with Crippen LogP contribution in [0.5, 0.6) is 0 Å². The summed E-state index contributed by atoms with van der Waals surface area (Å²) in [6.45, 7) is 16.8. The van der Waals surface area contributed by atoms with Gasteiger partial charge >= 0.3 is 5.97 Å². The molecule has 5 rings (SSSR count). The summed E-state index contributed by atoms with van der Waals surface area (Å²) in [5, 5.41) is 22.2. The Morgan fingerprint density at radius 1 is 0.882 bits per heavy atom. The molecule has 0 heterocycles. The van der Waals surface area contributed by atoms with E-state index in [1.807, 2.05) is 0 Å². The quantitative estimate of drug-likeness (QED) is 0.291. The Balaban J connectivity index is 1.56. The minimum Gasteiger partial charge on any atom is -0.481 e. The average molecular weight is 536 g/mol. The molecule has 2 N–H and O–H groups in total. The van der Waals surface area contributed by atoms with E-state index in [9.17, 15) is 15.0 Å². The standard InChI is InChI=1S/C30H47BrO3/c1-18(17-31)19-9-14-30(25(33)34)16-15-28(5)20(24(19)30)7-8-22-27(4)12-11-23(32)26(2,3)21(27)10-13-29(22,28)6/h19-24,32H,1,7-17H2,2-6H3,(H,33,34)/t19?,20?,21?,22?,23-,24?,27-,28+,29+,30-/m0/s1. The van der Waals surface area contributed by atoms with Gasteiger partial charge in [0.15, 0.2) is 0 Å². The maximum absolute atomic E-state index is 12.8. The molecule has 5 unspecified atom stereocenters. The summed E-state index contributed by atoms with van der Waals surface area (Å²) < 4.78 is 0. The summed E-state index contributed by atoms with van der Waals surface area (Å²) in [4.78, 5) is 12.8. The fourth-order valence-electron chi connectivity index (χ4n) is 11.5. The predicted molar refractivity (Wildman–Crippen MR) is 141 cm³/mol. The highest BCUT2D eigenvalue weighted by molar-refractivity contribution is 9.09. The van der Waals surface area contributed by atoms with E-state index in [-0.39, 0.29) is 33.7 Å². The largest absolute Gasteiger partial charge is 0.481 e. The third-order valence-electron chi connectivity index (χ3n) is 13.5. The predicted octanol–water partition coefficient (Wildman–Crippen LogP) is 7.46. The Labute approximate surface area is 215 Å². The molecule has 0 aromatic heterocycles. The van der Waals surface area contributed by atoms with Gasteiger partial charge in [0.25, 0.3) is 0 Å². The molecule has 5 saturated carbocycles. The van der Waals surface area contributed by atoms with Crippen molar-refractivity contribution in [1.82, 2.24) is 0 Å². The number of hydrogen-bond acceptors (Lipinski definition) is 2. The van der Waals surface area contributed by atoms with Gasteiger partial charge in [-0.2, -0.15) is 0 Å². The highest BCUT2D eigenvalue weighted by Gasteiger charge is 2.72. The Kier molecular flexibility index (Phi) is 5.82. The van der Waals surface area contributed by atoms with Crippen molar-refractivity contribution < 1.29 is 15.0 Å². The highest BCUT2D eigenvalue weighted by atomic mass is 79.9. The van der Waals surface area contributed by atoms with Gasteiger partial charge < -0.3 is 10.2 Å². The average Bonchev–Trinajstić information content (AvgIpc) is 3.18. The Morgan fingerprint density at radius 3 is 2.24 bits per heavy atom. The van der Waals surface area contributed by atoms with Crippen LogP contribution >= 0.6 is 15.9 Å². The second-order valence-electron chi connectivity index (χ2n) is 14.5. The highest BCUT2D eigenvalue weighted by Crippen LogP contribution is 2.77. The van der Waals surface area contributed by atoms with Gasteiger partial charge in [0.1, 0.15) is 0 Å². The van der Waals surface area contributed by atoms with Crippen molar-refractivity contribution in [1.29, 1.82) is 0 Å². The zero-order chi connectivity index (χ0) is 24.9. The molecule has 5 fully saturated rings. The molecular formula is C30H47BrO3. The molecule has 192 valence electrons. The molecule has 3 nitrogen and oxygen atoms in total. The molecule has 0 radical (unpaired) electrons. The molecule has 10 atom stereocenters. The molecule has 0 aromatic carbocycles. The molecule has 0 spiro atoms. The van der Waals surface area contributed by atoms with Crippen LogP contribution in [0.1, 0.15) is 98.8 Å². The van der Waals surface area contributed by atoms with Gasteiger partial charge in [0.05, 0.1) is 11.5 Å². The molecule has 0 aromatic rings. The number of rotatable bonds is 3. The van der Waals surface area contributed by atoms with E-state index in [4.69, 9.17) is 0 Å². The number of hydrogen-bond donors (Lipinski definition) is 2. The summed E-state index contributed by atoms with van der Waals surface area (Å²) in [5.74, 6) is 1.69. The van der Waals surface area contributed by atoms with Crippen LogP contribution in [0, 0.1) is 56.7 Å². The molecule has 0 bridgehead atoms. The molecule has 34 heavy (non-hydrogen) atoms. The molecule has 0 amide bonds. The third kappa shape index (κ3) is 2.93. The van der Waals surface area contributed by atoms with Gasteiger partial charge in [0, 0.05) is 5.33 Å². The molecule has 5 aliphatic rings. The smallest absolute Gasteiger partial charge is 0.309 e. The van der Waals surface area contributed by atoms with Gasteiger partial charge in [0.2, 0.25) is 0 Å². The number of aliphatic carboxylic acids is 1. The lowest BCUT2D eigenvalue weighted by Gasteiger charge is -2.72. The van der Waals surface area contributed by atoms with E-state index < -0.39 is 11.4 Å².